The molecule has 42 heavy (non-hydrogen) atoms. The van der Waals surface area contributed by atoms with E-state index in [1.54, 1.807) is 6.08 Å². The third-order valence-electron chi connectivity index (χ3n) is 9.40. The second-order valence-electron chi connectivity index (χ2n) is 12.2. The zero-order valence-corrected chi connectivity index (χ0v) is 25.9. The smallest absolute Gasteiger partial charge is 0.293 e. The van der Waals surface area contributed by atoms with Gasteiger partial charge in [-0.2, -0.15) is 0 Å². The molecule has 1 amide bonds. The van der Waals surface area contributed by atoms with Crippen LogP contribution in [0.25, 0.3) is 10.4 Å². The molecule has 0 spiro atoms. The first-order valence-corrected chi connectivity index (χ1v) is 17.0. The second kappa shape index (κ2) is 12.8. The van der Waals surface area contributed by atoms with Crippen molar-refractivity contribution >= 4 is 32.7 Å². The first-order chi connectivity index (χ1) is 20.1. The highest BCUT2D eigenvalue weighted by molar-refractivity contribution is 7.91. The van der Waals surface area contributed by atoms with Crippen molar-refractivity contribution in [3.8, 4) is 0 Å². The molecule has 5 rings (SSSR count). The number of nitrogens with one attached hydrogen (secondary N) is 1. The van der Waals surface area contributed by atoms with Crippen LogP contribution in [0.2, 0.25) is 0 Å². The van der Waals surface area contributed by atoms with E-state index in [2.05, 4.69) is 64.1 Å². The quantitative estimate of drug-likeness (QED) is 0.442. The molecule has 4 aliphatic rings. The van der Waals surface area contributed by atoms with Crippen LogP contribution in [0, 0.1) is 6.57 Å². The second-order valence-corrected chi connectivity index (χ2v) is 14.5. The Bertz CT molecular complexity index is 1410. The number of benzene rings is 1. The Balaban J connectivity index is 1.43. The number of carbonyl (C=O) groups excluding carboxylic acids is 1. The van der Waals surface area contributed by atoms with Gasteiger partial charge >= 0.3 is 0 Å². The highest BCUT2D eigenvalue weighted by atomic mass is 32.2. The third-order valence-corrected chi connectivity index (χ3v) is 11.0. The molecule has 1 N–H and O–H groups in total. The van der Waals surface area contributed by atoms with Crippen LogP contribution < -0.4 is 5.32 Å². The van der Waals surface area contributed by atoms with Crippen LogP contribution in [-0.2, 0) is 25.0 Å². The lowest BCUT2D eigenvalue weighted by atomic mass is 9.77. The summed E-state index contributed by atoms with van der Waals surface area (Å²) in [6.07, 6.45) is 10.3. The van der Waals surface area contributed by atoms with Crippen LogP contribution in [0.4, 0.5) is 5.69 Å². The van der Waals surface area contributed by atoms with Crippen molar-refractivity contribution in [1.82, 2.24) is 9.80 Å². The number of ether oxygens (including phenoxy) is 1. The van der Waals surface area contributed by atoms with Crippen LogP contribution in [0.3, 0.4) is 0 Å². The molecule has 1 aromatic rings. The van der Waals surface area contributed by atoms with Crippen molar-refractivity contribution in [3.05, 3.63) is 58.7 Å². The van der Waals surface area contributed by atoms with Gasteiger partial charge in [0.25, 0.3) is 11.7 Å². The lowest BCUT2D eigenvalue weighted by Gasteiger charge is -2.48. The third kappa shape index (κ3) is 6.86. The van der Waals surface area contributed by atoms with Gasteiger partial charge in [0, 0.05) is 49.4 Å². The van der Waals surface area contributed by atoms with Gasteiger partial charge in [-0.25, -0.2) is 8.42 Å². The number of aliphatic imine (C=N–C) groups is 1. The minimum Gasteiger partial charge on any atom is -0.369 e. The number of hydrogen-bond donors (Lipinski definition) is 1. The van der Waals surface area contributed by atoms with Crippen molar-refractivity contribution in [3.63, 3.8) is 0 Å². The van der Waals surface area contributed by atoms with E-state index in [-0.39, 0.29) is 23.2 Å². The fraction of sp³-hybridized carbons (Fsp3) is 0.594. The topological polar surface area (TPSA) is 95.7 Å². The summed E-state index contributed by atoms with van der Waals surface area (Å²) >= 11 is 0. The largest absolute Gasteiger partial charge is 0.369 e. The molecule has 2 atom stereocenters. The van der Waals surface area contributed by atoms with Crippen molar-refractivity contribution in [1.29, 1.82) is 0 Å². The normalized spacial score (nSPS) is 28.4. The highest BCUT2D eigenvalue weighted by Crippen LogP contribution is 2.44. The molecule has 10 heteroatoms. The molecular weight excluding hydrogens is 550 g/mol. The zero-order chi connectivity index (χ0) is 29.9. The number of nitrogens with zero attached hydrogens (tertiary/aromatic N) is 4. The number of allylic oxidation sites excluding steroid dienone is 3. The molecule has 0 saturated carbocycles. The van der Waals surface area contributed by atoms with Gasteiger partial charge < -0.3 is 19.8 Å². The van der Waals surface area contributed by atoms with Gasteiger partial charge in [0.05, 0.1) is 23.7 Å². The minimum absolute atomic E-state index is 0.213. The number of hydrogen-bond acceptors (Lipinski definition) is 7. The lowest BCUT2D eigenvalue weighted by molar-refractivity contribution is -0.118. The molecule has 3 aliphatic heterocycles. The van der Waals surface area contributed by atoms with E-state index in [4.69, 9.17) is 11.3 Å². The van der Waals surface area contributed by atoms with Gasteiger partial charge in [0.1, 0.15) is 0 Å². The predicted octanol–water partition coefficient (Wildman–Crippen LogP) is 4.63. The van der Waals surface area contributed by atoms with E-state index in [0.717, 1.165) is 48.9 Å². The number of amides is 1. The Morgan fingerprint density at radius 1 is 1.17 bits per heavy atom. The van der Waals surface area contributed by atoms with Gasteiger partial charge in [0.2, 0.25) is 0 Å². The molecular formula is C32H43N5O4S. The SMILES string of the molecule is [C-]#[N+]C1=CCC(C(=O)Nc2ccc(C3(OCCN4CCS(=O)(=O)CC4)CC(C)N(C)C(C)C3)cc2C2=CCCCC2)=N1. The first-order valence-electron chi connectivity index (χ1n) is 15.2. The number of sulfone groups is 1. The van der Waals surface area contributed by atoms with Gasteiger partial charge in [-0.05, 0) is 82.7 Å². The Kier molecular flexibility index (Phi) is 9.33. The molecule has 226 valence electrons. The average Bonchev–Trinajstić information content (AvgIpc) is 3.47. The number of likely N-dealkylation sites (tertiary alicyclic amines) is 1. The molecule has 3 heterocycles. The van der Waals surface area contributed by atoms with Gasteiger partial charge in [0.15, 0.2) is 15.5 Å². The van der Waals surface area contributed by atoms with Crippen molar-refractivity contribution in [2.75, 3.05) is 50.1 Å². The predicted molar refractivity (Wildman–Crippen MR) is 167 cm³/mol. The molecule has 0 aromatic heterocycles. The number of anilines is 1. The molecule has 2 fully saturated rings. The Morgan fingerprint density at radius 2 is 1.90 bits per heavy atom. The summed E-state index contributed by atoms with van der Waals surface area (Å²) in [7, 11) is -0.751. The van der Waals surface area contributed by atoms with Gasteiger partial charge in [-0.1, -0.05) is 24.8 Å². The Hall–Kier alpha value is -2.84. The van der Waals surface area contributed by atoms with E-state index in [9.17, 15) is 13.2 Å². The van der Waals surface area contributed by atoms with Crippen molar-refractivity contribution in [2.24, 2.45) is 4.99 Å². The van der Waals surface area contributed by atoms with E-state index in [1.165, 1.54) is 12.0 Å². The minimum atomic E-state index is -2.92. The fourth-order valence-electron chi connectivity index (χ4n) is 6.65. The Morgan fingerprint density at radius 3 is 2.55 bits per heavy atom. The molecule has 1 aromatic carbocycles. The molecule has 2 saturated heterocycles. The Labute approximate surface area is 250 Å². The van der Waals surface area contributed by atoms with Crippen LogP contribution in [0.1, 0.15) is 69.9 Å². The maximum atomic E-state index is 13.1. The van der Waals surface area contributed by atoms with E-state index in [0.29, 0.717) is 50.5 Å². The standard InChI is InChI=1S/C32H43N5O4S/c1-23-21-32(22-24(2)36(23)4,41-17-14-37-15-18-42(39,40)19-16-37)26-10-11-28(27(20-26)25-8-6-5-7-9-25)35-31(38)29-12-13-30(33-3)34-29/h8,10-11,13,20,23-24H,5-7,9,12,14-19,21-22H2,1-2,4H3,(H,35,38). The van der Waals surface area contributed by atoms with Crippen LogP contribution in [-0.4, -0.2) is 86.7 Å². The van der Waals surface area contributed by atoms with Gasteiger partial charge in [-0.15, -0.1) is 4.99 Å². The highest BCUT2D eigenvalue weighted by Gasteiger charge is 2.43. The van der Waals surface area contributed by atoms with Crippen LogP contribution >= 0.6 is 0 Å². The maximum absolute atomic E-state index is 13.1. The van der Waals surface area contributed by atoms with Crippen LogP contribution in [0.15, 0.2) is 41.2 Å². The molecule has 0 radical (unpaired) electrons. The van der Waals surface area contributed by atoms with Crippen LogP contribution in [0.5, 0.6) is 0 Å². The summed E-state index contributed by atoms with van der Waals surface area (Å²) in [6, 6.07) is 6.96. The summed E-state index contributed by atoms with van der Waals surface area (Å²) in [6.45, 7) is 14.0. The van der Waals surface area contributed by atoms with Gasteiger partial charge in [-0.3, -0.25) is 9.69 Å². The number of carbonyl (C=O) groups is 1. The number of rotatable bonds is 8. The summed E-state index contributed by atoms with van der Waals surface area (Å²) in [5.74, 6) is 0.419. The lowest BCUT2D eigenvalue weighted by Crippen LogP contribution is -2.52. The van der Waals surface area contributed by atoms with Crippen molar-refractivity contribution < 1.29 is 17.9 Å². The van der Waals surface area contributed by atoms with E-state index < -0.39 is 15.4 Å². The maximum Gasteiger partial charge on any atom is 0.293 e. The van der Waals surface area contributed by atoms with Crippen molar-refractivity contribution in [2.45, 2.75) is 76.5 Å². The molecule has 1 aliphatic carbocycles. The first kappa shape index (κ1) is 30.6. The number of piperidine rings is 1. The zero-order valence-electron chi connectivity index (χ0n) is 25.1. The molecule has 0 bridgehead atoms. The molecule has 9 nitrogen and oxygen atoms in total. The monoisotopic (exact) mass is 593 g/mol. The summed E-state index contributed by atoms with van der Waals surface area (Å²) in [5, 5.41) is 3.10. The summed E-state index contributed by atoms with van der Waals surface area (Å²) < 4.78 is 30.7. The fourth-order valence-corrected chi connectivity index (χ4v) is 7.93. The van der Waals surface area contributed by atoms with E-state index in [1.807, 2.05) is 6.07 Å². The summed E-state index contributed by atoms with van der Waals surface area (Å²) in [4.78, 5) is 25.3. The van der Waals surface area contributed by atoms with E-state index >= 15 is 0 Å². The average molecular weight is 594 g/mol. The molecule has 2 unspecified atom stereocenters. The summed E-state index contributed by atoms with van der Waals surface area (Å²) in [5.41, 5.74) is 4.01.